The lowest BCUT2D eigenvalue weighted by molar-refractivity contribution is -0.384. The molecule has 140 valence electrons. The summed E-state index contributed by atoms with van der Waals surface area (Å²) in [5.74, 6) is -0.520. The number of non-ortho nitro benzene ring substituents is 1. The highest BCUT2D eigenvalue weighted by atomic mass is 79.9. The van der Waals surface area contributed by atoms with E-state index in [1.165, 1.54) is 24.4 Å². The van der Waals surface area contributed by atoms with Crippen LogP contribution in [0.5, 0.6) is 0 Å². The van der Waals surface area contributed by atoms with E-state index in [0.29, 0.717) is 17.7 Å². The molecule has 9 heteroatoms. The van der Waals surface area contributed by atoms with Crippen LogP contribution >= 0.6 is 15.9 Å². The third kappa shape index (κ3) is 7.37. The van der Waals surface area contributed by atoms with Crippen LogP contribution in [0.15, 0.2) is 58.1 Å². The third-order valence-electron chi connectivity index (χ3n) is 3.40. The zero-order chi connectivity index (χ0) is 19.6. The van der Waals surface area contributed by atoms with Gasteiger partial charge in [0.05, 0.1) is 11.1 Å². The van der Waals surface area contributed by atoms with Gasteiger partial charge in [0, 0.05) is 40.7 Å². The van der Waals surface area contributed by atoms with Crippen LogP contribution in [-0.2, 0) is 9.59 Å². The highest BCUT2D eigenvalue weighted by molar-refractivity contribution is 9.10. The molecule has 2 aromatic rings. The average Bonchev–Trinajstić information content (AvgIpc) is 2.62. The van der Waals surface area contributed by atoms with Crippen LogP contribution in [0.3, 0.4) is 0 Å². The maximum Gasteiger partial charge on any atom is 0.270 e. The zero-order valence-electron chi connectivity index (χ0n) is 14.2. The normalized spacial score (nSPS) is 10.6. The number of amides is 2. The second-order valence-electron chi connectivity index (χ2n) is 5.56. The number of rotatable bonds is 8. The molecule has 8 nitrogen and oxygen atoms in total. The van der Waals surface area contributed by atoms with Gasteiger partial charge in [-0.25, -0.2) is 5.43 Å². The molecule has 0 fully saturated rings. The van der Waals surface area contributed by atoms with E-state index in [4.69, 9.17) is 0 Å². The fourth-order valence-corrected chi connectivity index (χ4v) is 2.55. The highest BCUT2D eigenvalue weighted by Crippen LogP contribution is 2.16. The number of nitrogens with one attached hydrogen (secondary N) is 2. The van der Waals surface area contributed by atoms with E-state index in [1.54, 1.807) is 18.2 Å². The summed E-state index contributed by atoms with van der Waals surface area (Å²) in [6.07, 6.45) is 2.04. The number of carbonyl (C=O) groups is 2. The Balaban J connectivity index is 1.70. The van der Waals surface area contributed by atoms with Crippen molar-refractivity contribution in [3.05, 3.63) is 68.7 Å². The van der Waals surface area contributed by atoms with Crippen LogP contribution < -0.4 is 10.7 Å². The lowest BCUT2D eigenvalue weighted by atomic mass is 10.2. The number of anilines is 1. The van der Waals surface area contributed by atoms with Crippen LogP contribution in [-0.4, -0.2) is 23.0 Å². The van der Waals surface area contributed by atoms with Crippen molar-refractivity contribution < 1.29 is 14.5 Å². The molecular formula is C18H17BrN4O4. The van der Waals surface area contributed by atoms with Gasteiger partial charge in [0.1, 0.15) is 0 Å². The van der Waals surface area contributed by atoms with Crippen LogP contribution in [0, 0.1) is 10.1 Å². The first-order valence-corrected chi connectivity index (χ1v) is 8.85. The molecule has 0 aliphatic carbocycles. The van der Waals surface area contributed by atoms with Crippen molar-refractivity contribution in [2.75, 3.05) is 5.32 Å². The van der Waals surface area contributed by atoms with E-state index in [0.717, 1.165) is 4.47 Å². The second-order valence-corrected chi connectivity index (χ2v) is 6.47. The van der Waals surface area contributed by atoms with Crippen molar-refractivity contribution >= 4 is 45.3 Å². The van der Waals surface area contributed by atoms with Crippen LogP contribution in [0.4, 0.5) is 11.4 Å². The number of hydrazone groups is 1. The van der Waals surface area contributed by atoms with Gasteiger partial charge in [0.25, 0.3) is 5.69 Å². The minimum absolute atomic E-state index is 0.0539. The summed E-state index contributed by atoms with van der Waals surface area (Å²) in [5.41, 5.74) is 3.46. The summed E-state index contributed by atoms with van der Waals surface area (Å²) in [6, 6.07) is 13.1. The minimum Gasteiger partial charge on any atom is -0.326 e. The maximum atomic E-state index is 11.8. The Hall–Kier alpha value is -3.07. The maximum absolute atomic E-state index is 11.8. The number of hydrogen-bond acceptors (Lipinski definition) is 5. The smallest absolute Gasteiger partial charge is 0.270 e. The summed E-state index contributed by atoms with van der Waals surface area (Å²) in [6.45, 7) is 0. The molecule has 0 saturated heterocycles. The van der Waals surface area contributed by atoms with Crippen LogP contribution in [0.1, 0.15) is 24.8 Å². The summed E-state index contributed by atoms with van der Waals surface area (Å²) in [5, 5.41) is 17.2. The predicted octanol–water partition coefficient (Wildman–Crippen LogP) is 3.62. The summed E-state index contributed by atoms with van der Waals surface area (Å²) < 4.78 is 0.862. The Bertz CT molecular complexity index is 870. The van der Waals surface area contributed by atoms with Gasteiger partial charge in [-0.05, 0) is 24.6 Å². The molecule has 27 heavy (non-hydrogen) atoms. The SMILES string of the molecule is O=C(CCCC(=O)Nc1cccc(Br)c1)N/N=C\c1cccc([N+](=O)[O-])c1. The van der Waals surface area contributed by atoms with E-state index >= 15 is 0 Å². The molecule has 2 amide bonds. The first-order valence-electron chi connectivity index (χ1n) is 8.06. The van der Waals surface area contributed by atoms with E-state index in [2.05, 4.69) is 31.8 Å². The number of benzene rings is 2. The van der Waals surface area contributed by atoms with Crippen LogP contribution in [0.2, 0.25) is 0 Å². The highest BCUT2D eigenvalue weighted by Gasteiger charge is 2.06. The Morgan fingerprint density at radius 2 is 1.85 bits per heavy atom. The van der Waals surface area contributed by atoms with Gasteiger partial charge in [-0.15, -0.1) is 0 Å². The first kappa shape index (κ1) is 20.2. The van der Waals surface area contributed by atoms with E-state index < -0.39 is 4.92 Å². The first-order chi connectivity index (χ1) is 12.9. The van der Waals surface area contributed by atoms with Crippen molar-refractivity contribution in [2.45, 2.75) is 19.3 Å². The van der Waals surface area contributed by atoms with Crippen molar-refractivity contribution in [3.8, 4) is 0 Å². The monoisotopic (exact) mass is 432 g/mol. The topological polar surface area (TPSA) is 114 Å². The molecule has 0 atom stereocenters. The number of nitro groups is 1. The number of halogens is 1. The Morgan fingerprint density at radius 1 is 1.11 bits per heavy atom. The molecule has 0 radical (unpaired) electrons. The molecule has 0 aliphatic heterocycles. The van der Waals surface area contributed by atoms with Gasteiger partial charge in [0.2, 0.25) is 11.8 Å². The minimum atomic E-state index is -0.505. The van der Waals surface area contributed by atoms with E-state index in [-0.39, 0.29) is 30.3 Å². The lowest BCUT2D eigenvalue weighted by Crippen LogP contribution is -2.18. The third-order valence-corrected chi connectivity index (χ3v) is 3.89. The van der Waals surface area contributed by atoms with Crippen molar-refractivity contribution in [1.82, 2.24) is 5.43 Å². The van der Waals surface area contributed by atoms with Gasteiger partial charge in [-0.1, -0.05) is 34.1 Å². The number of hydrogen-bond donors (Lipinski definition) is 2. The van der Waals surface area contributed by atoms with Crippen molar-refractivity contribution in [2.24, 2.45) is 5.10 Å². The molecule has 0 spiro atoms. The second kappa shape index (κ2) is 10.2. The quantitative estimate of drug-likeness (QED) is 0.376. The molecule has 0 aliphatic rings. The predicted molar refractivity (Wildman–Crippen MR) is 105 cm³/mol. The summed E-state index contributed by atoms with van der Waals surface area (Å²) in [7, 11) is 0. The molecular weight excluding hydrogens is 416 g/mol. The summed E-state index contributed by atoms with van der Waals surface area (Å²) >= 11 is 3.32. The van der Waals surface area contributed by atoms with Gasteiger partial charge in [-0.2, -0.15) is 5.10 Å². The molecule has 0 aromatic heterocycles. The summed E-state index contributed by atoms with van der Waals surface area (Å²) in [4.78, 5) is 33.8. The molecule has 2 rings (SSSR count). The van der Waals surface area contributed by atoms with Gasteiger partial charge in [0.15, 0.2) is 0 Å². The number of nitro benzene ring substituents is 1. The Labute approximate surface area is 163 Å². The molecule has 0 unspecified atom stereocenters. The molecule has 0 bridgehead atoms. The number of carbonyl (C=O) groups excluding carboxylic acids is 2. The molecule has 0 saturated carbocycles. The average molecular weight is 433 g/mol. The standard InChI is InChI=1S/C18H17BrN4O4/c19-14-5-2-6-15(11-14)21-17(24)8-3-9-18(25)22-20-12-13-4-1-7-16(10-13)23(26)27/h1-2,4-7,10-12H,3,8-9H2,(H,21,24)(H,22,25)/b20-12-. The molecule has 0 heterocycles. The molecule has 2 N–H and O–H groups in total. The Kier molecular flexibility index (Phi) is 7.63. The number of nitrogens with zero attached hydrogens (tertiary/aromatic N) is 2. The largest absolute Gasteiger partial charge is 0.326 e. The fraction of sp³-hybridized carbons (Fsp3) is 0.167. The van der Waals surface area contributed by atoms with Gasteiger partial charge in [-0.3, -0.25) is 19.7 Å². The van der Waals surface area contributed by atoms with E-state index in [1.807, 2.05) is 12.1 Å². The Morgan fingerprint density at radius 3 is 2.59 bits per heavy atom. The van der Waals surface area contributed by atoms with Gasteiger partial charge < -0.3 is 5.32 Å². The molecule has 2 aromatic carbocycles. The van der Waals surface area contributed by atoms with Crippen molar-refractivity contribution in [3.63, 3.8) is 0 Å². The zero-order valence-corrected chi connectivity index (χ0v) is 15.8. The van der Waals surface area contributed by atoms with Crippen molar-refractivity contribution in [1.29, 1.82) is 0 Å². The van der Waals surface area contributed by atoms with Crippen LogP contribution in [0.25, 0.3) is 0 Å². The van der Waals surface area contributed by atoms with Gasteiger partial charge >= 0.3 is 0 Å². The lowest BCUT2D eigenvalue weighted by Gasteiger charge is -2.05. The van der Waals surface area contributed by atoms with E-state index in [9.17, 15) is 19.7 Å². The fourth-order valence-electron chi connectivity index (χ4n) is 2.15.